The highest BCUT2D eigenvalue weighted by atomic mass is 19.2. The number of carbonyl (C=O) groups is 7. The normalized spacial score (nSPS) is 13.0. The Hall–Kier alpha value is -13.7. The molecular formula is C78H75F8N13O14. The lowest BCUT2D eigenvalue weighted by molar-refractivity contribution is -0.396. The van der Waals surface area contributed by atoms with Crippen LogP contribution in [0.2, 0.25) is 0 Å². The zero-order valence-electron chi connectivity index (χ0n) is 60.6. The van der Waals surface area contributed by atoms with Gasteiger partial charge in [0.2, 0.25) is 17.6 Å². The van der Waals surface area contributed by atoms with E-state index in [0.29, 0.717) is 100 Å². The predicted molar refractivity (Wildman–Crippen MR) is 405 cm³/mol. The van der Waals surface area contributed by atoms with Gasteiger partial charge >= 0.3 is 23.6 Å². The summed E-state index contributed by atoms with van der Waals surface area (Å²) in [5, 5.41) is 60.2. The Morgan fingerprint density at radius 1 is 0.566 bits per heavy atom. The molecule has 0 spiro atoms. The number of aromatic amines is 1. The number of fused-ring (bicyclic) bond motifs is 4. The van der Waals surface area contributed by atoms with Crippen molar-refractivity contribution in [2.45, 2.75) is 78.8 Å². The Morgan fingerprint density at radius 3 is 1.63 bits per heavy atom. The van der Waals surface area contributed by atoms with E-state index >= 15 is 4.39 Å². The number of carboxylic acid groups (broad SMARTS) is 3. The minimum absolute atomic E-state index is 0.0113. The third kappa shape index (κ3) is 23.4. The number of nitrogens with two attached hydrogens (primary N) is 3. The highest BCUT2D eigenvalue weighted by Crippen LogP contribution is 2.39. The van der Waals surface area contributed by atoms with Crippen LogP contribution >= 0.6 is 0 Å². The van der Waals surface area contributed by atoms with Crippen LogP contribution in [0.5, 0.6) is 0 Å². The second-order valence-corrected chi connectivity index (χ2v) is 25.6. The molecule has 113 heavy (non-hydrogen) atoms. The molecule has 0 fully saturated rings. The van der Waals surface area contributed by atoms with E-state index in [2.05, 4.69) is 50.3 Å². The van der Waals surface area contributed by atoms with Crippen LogP contribution in [0.25, 0.3) is 11.6 Å². The number of aliphatic carboxylic acids is 3. The summed E-state index contributed by atoms with van der Waals surface area (Å²) >= 11 is 0. The van der Waals surface area contributed by atoms with Gasteiger partial charge in [0, 0.05) is 72.3 Å². The molecule has 1 aromatic heterocycles. The molecule has 0 bridgehead atoms. The van der Waals surface area contributed by atoms with Crippen LogP contribution in [0.4, 0.5) is 92.0 Å². The van der Waals surface area contributed by atoms with Crippen LogP contribution in [-0.4, -0.2) is 114 Å². The van der Waals surface area contributed by atoms with Gasteiger partial charge in [0.25, 0.3) is 17.5 Å². The Kier molecular flexibility index (Phi) is 29.0. The number of nitro groups is 2. The number of amides is 4. The molecule has 13 rings (SSSR count). The van der Waals surface area contributed by atoms with Gasteiger partial charge in [-0.15, -0.1) is 0 Å². The lowest BCUT2D eigenvalue weighted by Gasteiger charge is -2.25. The monoisotopic (exact) mass is 1570 g/mol. The predicted octanol–water partition coefficient (Wildman–Crippen LogP) is 12.7. The van der Waals surface area contributed by atoms with E-state index in [0.717, 1.165) is 60.9 Å². The molecule has 35 heteroatoms. The summed E-state index contributed by atoms with van der Waals surface area (Å²) in [5.41, 5.74) is 23.7. The van der Waals surface area contributed by atoms with E-state index in [9.17, 15) is 84.5 Å². The van der Waals surface area contributed by atoms with E-state index < -0.39 is 86.0 Å². The number of anilines is 8. The number of aryl methyl sites for hydroxylation is 1. The molecule has 4 aliphatic heterocycles. The summed E-state index contributed by atoms with van der Waals surface area (Å²) in [5.74, 6) is -8.34. The van der Waals surface area contributed by atoms with Crippen molar-refractivity contribution in [1.82, 2.24) is 14.8 Å². The lowest BCUT2D eigenvalue weighted by atomic mass is 10.0. The lowest BCUT2D eigenvalue weighted by Crippen LogP contribution is -2.38. The topological polar surface area (TPSA) is 427 Å². The molecule has 592 valence electrons. The smallest absolute Gasteiger partial charge is 0.311 e. The standard InChI is InChI=1S/C31H35F2N5O2.C15H12F2N2O.C8H5FN2O6.C8H9FN2O2.C8H7FN2O.C8H7FO2/c1-4-37(5-2)13-14-38-12-6-7-25-29(31(38)40)19(3)26(35-25)16-23-22-15-24(33)28(17-27(22)36-30(23)39)34-18-20-8-10-21(32)11-9-20;16-11-3-1-9(2-4-11)8-18-14-7-13-10(5-12(14)17)6-15(20)19-13;9-5-1-4(2-8(12)13)6(10(14)15)3-7(5)11(16)17;9-5-1-4(2-8(12)13)6(10)3-7(5)11;9-5-1-4-2-8(12)11-7(4)3-6(5)10;9-7-3-1-2-6(4-7)5-8(10)11/h8-11,15-17,34-35H,4-7,12-14,18H2,1-3H3,(H,36,39);1-5,7,18H,6,8H2,(H,19,20);1,3H,2H2,(H,12,13);1,3H,2,10-11H2,(H,12,13);1,3H,2,10H2,(H,11,12);1-4H,5H2,(H,10,11)/b23-16-;;;;;. The quantitative estimate of drug-likeness (QED) is 0.0111. The highest BCUT2D eigenvalue weighted by molar-refractivity contribution is 6.35. The number of nitro benzene ring substituents is 2. The Labute approximate surface area is 638 Å². The van der Waals surface area contributed by atoms with Gasteiger partial charge in [0.15, 0.2) is 0 Å². The third-order valence-electron chi connectivity index (χ3n) is 17.7. The average Bonchev–Trinajstić information content (AvgIpc) is 1.62. The van der Waals surface area contributed by atoms with E-state index in [-0.39, 0.29) is 89.3 Å². The van der Waals surface area contributed by atoms with Crippen molar-refractivity contribution in [3.8, 4) is 0 Å². The first-order valence-corrected chi connectivity index (χ1v) is 34.5. The van der Waals surface area contributed by atoms with Crippen molar-refractivity contribution in [2.24, 2.45) is 0 Å². The summed E-state index contributed by atoms with van der Waals surface area (Å²) in [4.78, 5) is 106. The van der Waals surface area contributed by atoms with Crippen LogP contribution < -0.4 is 43.8 Å². The Bertz CT molecular complexity index is 5130. The Morgan fingerprint density at radius 2 is 1.08 bits per heavy atom. The van der Waals surface area contributed by atoms with Gasteiger partial charge in [-0.1, -0.05) is 50.2 Å². The number of H-pyrrole nitrogens is 1. The Balaban J connectivity index is 0.000000184. The maximum atomic E-state index is 15.1. The second-order valence-electron chi connectivity index (χ2n) is 25.6. The number of likely N-dealkylation sites (N-methyl/N-ethyl adjacent to an activating group) is 1. The molecule has 0 atom stereocenters. The molecule has 5 heterocycles. The van der Waals surface area contributed by atoms with Gasteiger partial charge in [0.05, 0.1) is 87.6 Å². The van der Waals surface area contributed by atoms with Gasteiger partial charge in [-0.3, -0.25) is 53.8 Å². The van der Waals surface area contributed by atoms with Gasteiger partial charge in [-0.05, 0) is 169 Å². The van der Waals surface area contributed by atoms with Crippen molar-refractivity contribution in [1.29, 1.82) is 0 Å². The number of benzene rings is 8. The van der Waals surface area contributed by atoms with Crippen molar-refractivity contribution in [3.63, 3.8) is 0 Å². The van der Waals surface area contributed by atoms with Gasteiger partial charge in [-0.25, -0.2) is 30.7 Å². The summed E-state index contributed by atoms with van der Waals surface area (Å²) in [6.45, 7) is 10.9. The number of hydrogen-bond donors (Lipinski definition) is 12. The van der Waals surface area contributed by atoms with Crippen LogP contribution in [0.3, 0.4) is 0 Å². The zero-order valence-corrected chi connectivity index (χ0v) is 60.6. The number of nitrogen functional groups attached to an aromatic ring is 3. The molecule has 0 saturated carbocycles. The van der Waals surface area contributed by atoms with Crippen LogP contribution in [0, 0.1) is 73.7 Å². The molecule has 15 N–H and O–H groups in total. The van der Waals surface area contributed by atoms with Crippen molar-refractivity contribution in [3.05, 3.63) is 267 Å². The maximum Gasteiger partial charge on any atom is 0.311 e. The van der Waals surface area contributed by atoms with Gasteiger partial charge in [-0.2, -0.15) is 4.39 Å². The maximum absolute atomic E-state index is 15.1. The number of halogens is 8. The summed E-state index contributed by atoms with van der Waals surface area (Å²) < 4.78 is 106. The molecule has 0 radical (unpaired) electrons. The first-order chi connectivity index (χ1) is 53.6. The van der Waals surface area contributed by atoms with Crippen molar-refractivity contribution in [2.75, 3.05) is 76.5 Å². The molecule has 9 aromatic rings. The number of carbonyl (C=O) groups excluding carboxylic acids is 4. The highest BCUT2D eigenvalue weighted by Gasteiger charge is 2.32. The first kappa shape index (κ1) is 84.9. The SMILES string of the molecule is CCN(CC)CCN1CCCc2[nH]c(/C=C3\C(=O)Nc4cc(NCc5ccc(F)cc5)c(F)cc43)c(C)c2C1=O.Nc1cc(N)c(CC(=O)O)cc1F.Nc1cc2c(cc1F)CC(=O)N2.O=C(O)Cc1cc(F)c([N+](=O)[O-])cc1[N+](=O)[O-].O=C(O)Cc1cccc(F)c1.O=C1Cc2cc(F)c(NCc3ccc(F)cc3)cc2N1. The molecule has 4 aliphatic rings. The molecular weight excluding hydrogens is 1490 g/mol. The number of hydrogen-bond acceptors (Lipinski definition) is 17. The molecule has 0 unspecified atom stereocenters. The minimum atomic E-state index is -1.40. The fourth-order valence-corrected chi connectivity index (χ4v) is 11.9. The number of nitrogens with one attached hydrogen (secondary N) is 6. The third-order valence-corrected chi connectivity index (χ3v) is 17.7. The van der Waals surface area contributed by atoms with E-state index in [4.69, 9.17) is 32.5 Å². The fourth-order valence-electron chi connectivity index (χ4n) is 11.9. The zero-order chi connectivity index (χ0) is 82.7. The largest absolute Gasteiger partial charge is 0.481 e. The molecule has 4 amide bonds. The molecule has 0 aliphatic carbocycles. The fraction of sp³-hybridized carbons (Fsp3) is 0.218. The van der Waals surface area contributed by atoms with Crippen LogP contribution in [0.15, 0.2) is 133 Å². The summed E-state index contributed by atoms with van der Waals surface area (Å²) in [6.07, 6.45) is 2.55. The van der Waals surface area contributed by atoms with Crippen molar-refractivity contribution >= 4 is 110 Å². The van der Waals surface area contributed by atoms with E-state index in [1.165, 1.54) is 72.8 Å². The van der Waals surface area contributed by atoms with Crippen LogP contribution in [-0.2, 0) is 80.4 Å². The van der Waals surface area contributed by atoms with Crippen molar-refractivity contribution < 1.29 is 93.9 Å². The van der Waals surface area contributed by atoms with Crippen LogP contribution in [0.1, 0.15) is 92.1 Å². The molecule has 0 saturated heterocycles. The summed E-state index contributed by atoms with van der Waals surface area (Å²) in [6, 6.07) is 29.3. The average molecular weight is 1570 g/mol. The number of rotatable bonds is 20. The second kappa shape index (κ2) is 38.6. The number of nitrogens with zero attached hydrogens (tertiary/aromatic N) is 4. The number of aromatic nitrogens is 1. The van der Waals surface area contributed by atoms with E-state index in [1.54, 1.807) is 48.5 Å². The van der Waals surface area contributed by atoms with Gasteiger partial charge < -0.3 is 73.9 Å². The van der Waals surface area contributed by atoms with Gasteiger partial charge in [0.1, 0.15) is 40.7 Å². The molecule has 8 aromatic carbocycles. The molecule has 27 nitrogen and oxygen atoms in total. The van der Waals surface area contributed by atoms with E-state index in [1.807, 2.05) is 11.8 Å². The number of carboxylic acids is 3. The first-order valence-electron chi connectivity index (χ1n) is 34.5. The minimum Gasteiger partial charge on any atom is -0.481 e. The summed E-state index contributed by atoms with van der Waals surface area (Å²) in [7, 11) is 0.